The minimum absolute atomic E-state index is 0.0317. The zero-order valence-electron chi connectivity index (χ0n) is 18.7. The van der Waals surface area contributed by atoms with E-state index in [0.717, 1.165) is 12.8 Å². The lowest BCUT2D eigenvalue weighted by atomic mass is 10.1. The van der Waals surface area contributed by atoms with Gasteiger partial charge < -0.3 is 10.2 Å². The summed E-state index contributed by atoms with van der Waals surface area (Å²) in [6.07, 6.45) is -1.61. The number of nitrogens with one attached hydrogen (secondary N) is 2. The highest BCUT2D eigenvalue weighted by atomic mass is 32.2. The summed E-state index contributed by atoms with van der Waals surface area (Å²) in [4.78, 5) is 2.11. The zero-order chi connectivity index (χ0) is 24.5. The van der Waals surface area contributed by atoms with E-state index in [0.29, 0.717) is 41.0 Å². The fourth-order valence-corrected chi connectivity index (χ4v) is 6.45. The van der Waals surface area contributed by atoms with Crippen LogP contribution < -0.4 is 14.9 Å². The van der Waals surface area contributed by atoms with E-state index in [1.807, 2.05) is 20.8 Å². The van der Waals surface area contributed by atoms with Gasteiger partial charge in [0.2, 0.25) is 20.2 Å². The Labute approximate surface area is 198 Å². The minimum atomic E-state index is -4.63. The molecular formula is C20H24F3N7O2S2. The Bertz CT molecular complexity index is 1340. The Kier molecular flexibility index (Phi) is 5.42. The third-order valence-corrected chi connectivity index (χ3v) is 8.63. The van der Waals surface area contributed by atoms with Gasteiger partial charge in [-0.05, 0) is 45.7 Å². The second-order valence-corrected chi connectivity index (χ2v) is 12.0. The first-order valence-electron chi connectivity index (χ1n) is 10.8. The summed E-state index contributed by atoms with van der Waals surface area (Å²) in [6, 6.07) is 3.38. The maximum atomic E-state index is 13.3. The van der Waals surface area contributed by atoms with Crippen LogP contribution in [0.5, 0.6) is 0 Å². The molecule has 184 valence electrons. The minimum Gasteiger partial charge on any atom is -0.368 e. The van der Waals surface area contributed by atoms with Crippen molar-refractivity contribution in [3.05, 3.63) is 23.3 Å². The number of halogens is 3. The van der Waals surface area contributed by atoms with Crippen molar-refractivity contribution in [1.82, 2.24) is 30.0 Å². The summed E-state index contributed by atoms with van der Waals surface area (Å²) >= 11 is 0.353. The highest BCUT2D eigenvalue weighted by Gasteiger charge is 2.42. The average Bonchev–Trinajstić information content (AvgIpc) is 3.13. The van der Waals surface area contributed by atoms with Crippen molar-refractivity contribution in [1.29, 1.82) is 0 Å². The second-order valence-electron chi connectivity index (χ2n) is 9.36. The number of aromatic nitrogens is 4. The number of anilines is 1. The number of fused-ring (bicyclic) bond motifs is 1. The van der Waals surface area contributed by atoms with E-state index in [2.05, 4.69) is 30.2 Å². The molecular weight excluding hydrogens is 491 g/mol. The van der Waals surface area contributed by atoms with Crippen LogP contribution in [-0.2, 0) is 16.2 Å². The molecule has 3 aromatic rings. The number of benzene rings is 1. The SMILES string of the molecule is C[C@H]1CN(c2cc(S(=O)(=O)NC3(C)CC3)cc3c2cnn3-c2nnc(C(F)(F)F)s2)C[C@H](C)N1. The molecule has 0 amide bonds. The number of hydrogen-bond donors (Lipinski definition) is 2. The molecule has 2 atom stereocenters. The molecule has 3 heterocycles. The molecule has 2 fully saturated rings. The number of alkyl halides is 3. The molecule has 14 heteroatoms. The monoisotopic (exact) mass is 515 g/mol. The molecule has 0 bridgehead atoms. The quantitative estimate of drug-likeness (QED) is 0.538. The van der Waals surface area contributed by atoms with Gasteiger partial charge in [0, 0.05) is 41.8 Å². The van der Waals surface area contributed by atoms with Crippen LogP contribution in [0.1, 0.15) is 38.6 Å². The largest absolute Gasteiger partial charge is 0.445 e. The van der Waals surface area contributed by atoms with Crippen molar-refractivity contribution in [2.24, 2.45) is 0 Å². The second kappa shape index (κ2) is 7.86. The van der Waals surface area contributed by atoms with E-state index in [4.69, 9.17) is 0 Å². The van der Waals surface area contributed by atoms with Crippen molar-refractivity contribution < 1.29 is 21.6 Å². The molecule has 2 aromatic heterocycles. The molecule has 5 rings (SSSR count). The van der Waals surface area contributed by atoms with Crippen LogP contribution in [0, 0.1) is 0 Å². The number of nitrogens with zero attached hydrogens (tertiary/aromatic N) is 5. The van der Waals surface area contributed by atoms with Crippen molar-refractivity contribution in [2.75, 3.05) is 18.0 Å². The number of hydrogen-bond acceptors (Lipinski definition) is 8. The first-order chi connectivity index (χ1) is 15.8. The summed E-state index contributed by atoms with van der Waals surface area (Å²) in [6.45, 7) is 7.19. The Hall–Kier alpha value is -2.29. The van der Waals surface area contributed by atoms with Gasteiger partial charge in [-0.2, -0.15) is 18.3 Å². The maximum absolute atomic E-state index is 13.3. The van der Waals surface area contributed by atoms with Gasteiger partial charge in [0.05, 0.1) is 16.6 Å². The lowest BCUT2D eigenvalue weighted by Crippen LogP contribution is -2.54. The van der Waals surface area contributed by atoms with Crippen LogP contribution in [0.3, 0.4) is 0 Å². The fourth-order valence-electron chi connectivity index (χ4n) is 4.26. The van der Waals surface area contributed by atoms with Crippen LogP contribution in [0.4, 0.5) is 18.9 Å². The Morgan fingerprint density at radius 1 is 1.18 bits per heavy atom. The van der Waals surface area contributed by atoms with Gasteiger partial charge in [-0.25, -0.2) is 17.8 Å². The molecule has 0 spiro atoms. The topological polar surface area (TPSA) is 105 Å². The van der Waals surface area contributed by atoms with Gasteiger partial charge in [-0.3, -0.25) is 0 Å². The van der Waals surface area contributed by atoms with Crippen LogP contribution in [-0.4, -0.2) is 59.1 Å². The Balaban J connectivity index is 1.67. The molecule has 1 aromatic carbocycles. The first-order valence-corrected chi connectivity index (χ1v) is 13.1. The molecule has 2 N–H and O–H groups in total. The highest BCUT2D eigenvalue weighted by molar-refractivity contribution is 7.89. The van der Waals surface area contributed by atoms with Gasteiger partial charge in [-0.1, -0.05) is 11.3 Å². The van der Waals surface area contributed by atoms with E-state index >= 15 is 0 Å². The van der Waals surface area contributed by atoms with E-state index in [1.165, 1.54) is 16.9 Å². The van der Waals surface area contributed by atoms with Gasteiger partial charge in [0.25, 0.3) is 0 Å². The molecule has 0 radical (unpaired) electrons. The normalized spacial score (nSPS) is 22.9. The third-order valence-electron chi connectivity index (χ3n) is 6.07. The van der Waals surface area contributed by atoms with Crippen molar-refractivity contribution >= 4 is 38.0 Å². The number of sulfonamides is 1. The summed E-state index contributed by atoms with van der Waals surface area (Å²) in [7, 11) is -3.88. The van der Waals surface area contributed by atoms with Gasteiger partial charge in [0.1, 0.15) is 0 Å². The van der Waals surface area contributed by atoms with Crippen LogP contribution in [0.15, 0.2) is 23.2 Å². The van der Waals surface area contributed by atoms with E-state index in [-0.39, 0.29) is 22.1 Å². The molecule has 1 saturated carbocycles. The van der Waals surface area contributed by atoms with Gasteiger partial charge in [-0.15, -0.1) is 10.2 Å². The third kappa shape index (κ3) is 4.39. The number of rotatable bonds is 5. The smallest absolute Gasteiger partial charge is 0.368 e. The van der Waals surface area contributed by atoms with E-state index in [9.17, 15) is 21.6 Å². The number of piperazine rings is 1. The first kappa shape index (κ1) is 23.5. The Morgan fingerprint density at radius 2 is 1.85 bits per heavy atom. The fraction of sp³-hybridized carbons (Fsp3) is 0.550. The summed E-state index contributed by atoms with van der Waals surface area (Å²) in [5.74, 6) is 0. The standard InChI is InChI=1S/C20H24F3N7O2S2/c1-11-9-29(10-12(2)25-11)15-6-13(34(31,32)28-19(3)4-5-19)7-16-14(15)8-24-30(16)18-27-26-17(33-18)20(21,22)23/h6-8,11-12,25,28H,4-5,9-10H2,1-3H3/t11-,12-/m0/s1. The molecule has 2 aliphatic rings. The lowest BCUT2D eigenvalue weighted by molar-refractivity contribution is -0.138. The molecule has 9 nitrogen and oxygen atoms in total. The average molecular weight is 516 g/mol. The van der Waals surface area contributed by atoms with Gasteiger partial charge in [0.15, 0.2) is 0 Å². The van der Waals surface area contributed by atoms with Crippen LogP contribution >= 0.6 is 11.3 Å². The molecule has 1 aliphatic heterocycles. The van der Waals surface area contributed by atoms with Gasteiger partial charge >= 0.3 is 6.18 Å². The van der Waals surface area contributed by atoms with Crippen molar-refractivity contribution in [3.8, 4) is 5.13 Å². The summed E-state index contributed by atoms with van der Waals surface area (Å²) in [5.41, 5.74) is 0.529. The molecule has 1 aliphatic carbocycles. The lowest BCUT2D eigenvalue weighted by Gasteiger charge is -2.38. The molecule has 1 saturated heterocycles. The Morgan fingerprint density at radius 3 is 2.44 bits per heavy atom. The predicted molar refractivity (Wildman–Crippen MR) is 122 cm³/mol. The van der Waals surface area contributed by atoms with E-state index < -0.39 is 26.7 Å². The van der Waals surface area contributed by atoms with Crippen molar-refractivity contribution in [2.45, 2.75) is 62.3 Å². The molecule has 0 unspecified atom stereocenters. The van der Waals surface area contributed by atoms with Crippen LogP contribution in [0.25, 0.3) is 16.0 Å². The van der Waals surface area contributed by atoms with E-state index in [1.54, 1.807) is 6.07 Å². The predicted octanol–water partition coefficient (Wildman–Crippen LogP) is 2.91. The summed E-state index contributed by atoms with van der Waals surface area (Å²) < 4.78 is 69.8. The highest BCUT2D eigenvalue weighted by Crippen LogP contribution is 2.39. The van der Waals surface area contributed by atoms with Crippen molar-refractivity contribution in [3.63, 3.8) is 0 Å². The maximum Gasteiger partial charge on any atom is 0.445 e. The zero-order valence-corrected chi connectivity index (χ0v) is 20.4. The summed E-state index contributed by atoms with van der Waals surface area (Å²) in [5, 5.41) is 14.1. The van der Waals surface area contributed by atoms with Crippen LogP contribution in [0.2, 0.25) is 0 Å². The molecule has 34 heavy (non-hydrogen) atoms.